The fourth-order valence-corrected chi connectivity index (χ4v) is 2.15. The summed E-state index contributed by atoms with van der Waals surface area (Å²) >= 11 is 0. The lowest BCUT2D eigenvalue weighted by Gasteiger charge is -2.25. The van der Waals surface area contributed by atoms with E-state index in [0.29, 0.717) is 12.5 Å². The summed E-state index contributed by atoms with van der Waals surface area (Å²) in [6, 6.07) is 2.79. The average Bonchev–Trinajstić information content (AvgIpc) is 2.39. The molecular formula is C12H18N4O3. The van der Waals surface area contributed by atoms with Gasteiger partial charge in [0.05, 0.1) is 4.92 Å². The predicted octanol–water partition coefficient (Wildman–Crippen LogP) is 1.44. The van der Waals surface area contributed by atoms with Crippen molar-refractivity contribution in [3.05, 3.63) is 22.2 Å². The number of likely N-dealkylation sites (tertiary alicyclic amines) is 1. The van der Waals surface area contributed by atoms with Crippen LogP contribution in [0.25, 0.3) is 0 Å². The van der Waals surface area contributed by atoms with Crippen LogP contribution in [-0.4, -0.2) is 41.0 Å². The third-order valence-electron chi connectivity index (χ3n) is 3.18. The minimum atomic E-state index is -0.556. The fraction of sp³-hybridized carbons (Fsp3) is 0.583. The van der Waals surface area contributed by atoms with E-state index < -0.39 is 4.92 Å². The molecule has 1 aromatic heterocycles. The van der Waals surface area contributed by atoms with Crippen molar-refractivity contribution in [3.63, 3.8) is 0 Å². The van der Waals surface area contributed by atoms with Gasteiger partial charge in [-0.1, -0.05) is 6.42 Å². The van der Waals surface area contributed by atoms with Crippen molar-refractivity contribution >= 4 is 11.5 Å². The molecule has 0 radical (unpaired) electrons. The molecule has 2 heterocycles. The maximum absolute atomic E-state index is 10.6. The van der Waals surface area contributed by atoms with E-state index >= 15 is 0 Å². The number of piperidine rings is 1. The molecule has 0 unspecified atom stereocenters. The number of anilines is 1. The van der Waals surface area contributed by atoms with Gasteiger partial charge in [-0.3, -0.25) is 15.0 Å². The molecule has 2 rings (SSSR count). The maximum Gasteiger partial charge on any atom is 0.311 e. The molecule has 7 heteroatoms. The number of hydrogen-bond acceptors (Lipinski definition) is 6. The number of nitrogens with two attached hydrogens (primary N) is 1. The highest BCUT2D eigenvalue weighted by molar-refractivity contribution is 5.53. The molecule has 0 saturated carbocycles. The normalized spacial score (nSPS) is 16.2. The van der Waals surface area contributed by atoms with E-state index in [-0.39, 0.29) is 11.5 Å². The van der Waals surface area contributed by atoms with E-state index in [1.165, 1.54) is 31.4 Å². The van der Waals surface area contributed by atoms with Gasteiger partial charge in [-0.05, 0) is 25.9 Å². The van der Waals surface area contributed by atoms with Crippen LogP contribution in [0, 0.1) is 10.1 Å². The second-order valence-electron chi connectivity index (χ2n) is 4.56. The summed E-state index contributed by atoms with van der Waals surface area (Å²) in [6.45, 7) is 3.58. The van der Waals surface area contributed by atoms with Crippen LogP contribution < -0.4 is 10.5 Å². The van der Waals surface area contributed by atoms with Crippen LogP contribution in [0.4, 0.5) is 11.5 Å². The topological polar surface area (TPSA) is 94.5 Å². The molecule has 0 bridgehead atoms. The molecule has 0 spiro atoms. The molecule has 19 heavy (non-hydrogen) atoms. The number of ether oxygens (including phenoxy) is 1. The SMILES string of the molecule is Nc1nc(OCCN2CCCCC2)ccc1[N+](=O)[O-]. The summed E-state index contributed by atoms with van der Waals surface area (Å²) in [6.07, 6.45) is 3.78. The van der Waals surface area contributed by atoms with Crippen molar-refractivity contribution in [3.8, 4) is 5.88 Å². The van der Waals surface area contributed by atoms with E-state index in [9.17, 15) is 10.1 Å². The second kappa shape index (κ2) is 6.33. The van der Waals surface area contributed by atoms with Crippen LogP contribution in [-0.2, 0) is 0 Å². The molecule has 7 nitrogen and oxygen atoms in total. The zero-order valence-electron chi connectivity index (χ0n) is 10.7. The van der Waals surface area contributed by atoms with Crippen molar-refractivity contribution in [1.82, 2.24) is 9.88 Å². The summed E-state index contributed by atoms with van der Waals surface area (Å²) in [7, 11) is 0. The lowest BCUT2D eigenvalue weighted by Crippen LogP contribution is -2.33. The van der Waals surface area contributed by atoms with E-state index in [1.807, 2.05) is 0 Å². The van der Waals surface area contributed by atoms with Gasteiger partial charge in [-0.25, -0.2) is 0 Å². The summed E-state index contributed by atoms with van der Waals surface area (Å²) in [4.78, 5) is 16.3. The molecule has 1 saturated heterocycles. The number of hydrogen-bond donors (Lipinski definition) is 1. The highest BCUT2D eigenvalue weighted by Crippen LogP contribution is 2.21. The number of pyridine rings is 1. The van der Waals surface area contributed by atoms with E-state index in [4.69, 9.17) is 10.5 Å². The van der Waals surface area contributed by atoms with Crippen molar-refractivity contribution in [1.29, 1.82) is 0 Å². The van der Waals surface area contributed by atoms with Gasteiger partial charge < -0.3 is 10.5 Å². The van der Waals surface area contributed by atoms with Crippen LogP contribution >= 0.6 is 0 Å². The van der Waals surface area contributed by atoms with Crippen LogP contribution in [0.3, 0.4) is 0 Å². The Labute approximate surface area is 111 Å². The fourth-order valence-electron chi connectivity index (χ4n) is 2.15. The first-order valence-electron chi connectivity index (χ1n) is 6.43. The van der Waals surface area contributed by atoms with Gasteiger partial charge >= 0.3 is 5.69 Å². The molecular weight excluding hydrogens is 248 g/mol. The smallest absolute Gasteiger partial charge is 0.311 e. The molecule has 104 valence electrons. The van der Waals surface area contributed by atoms with E-state index in [1.54, 1.807) is 0 Å². The first kappa shape index (κ1) is 13.5. The standard InChI is InChI=1S/C12H18N4O3/c13-12-10(16(17)18)4-5-11(14-12)19-9-8-15-6-2-1-3-7-15/h4-5H,1-3,6-9H2,(H2,13,14). The second-order valence-corrected chi connectivity index (χ2v) is 4.56. The van der Waals surface area contributed by atoms with Gasteiger partial charge in [-0.2, -0.15) is 4.98 Å². The van der Waals surface area contributed by atoms with Crippen molar-refractivity contribution in [2.75, 3.05) is 32.0 Å². The third kappa shape index (κ3) is 3.78. The van der Waals surface area contributed by atoms with Gasteiger partial charge in [-0.15, -0.1) is 0 Å². The van der Waals surface area contributed by atoms with Gasteiger partial charge in [0.25, 0.3) is 0 Å². The maximum atomic E-state index is 10.6. The Kier molecular flexibility index (Phi) is 4.51. The van der Waals surface area contributed by atoms with E-state index in [2.05, 4.69) is 9.88 Å². The number of aromatic nitrogens is 1. The third-order valence-corrected chi connectivity index (χ3v) is 3.18. The lowest BCUT2D eigenvalue weighted by molar-refractivity contribution is -0.384. The first-order chi connectivity index (χ1) is 9.16. The molecule has 0 atom stereocenters. The van der Waals surface area contributed by atoms with E-state index in [0.717, 1.165) is 19.6 Å². The Morgan fingerprint density at radius 2 is 2.11 bits per heavy atom. The van der Waals surface area contributed by atoms with Gasteiger partial charge in [0.1, 0.15) is 6.61 Å². The highest BCUT2D eigenvalue weighted by Gasteiger charge is 2.14. The van der Waals surface area contributed by atoms with Crippen molar-refractivity contribution in [2.45, 2.75) is 19.3 Å². The average molecular weight is 266 g/mol. The van der Waals surface area contributed by atoms with Gasteiger partial charge in [0, 0.05) is 18.7 Å². The molecule has 0 aromatic carbocycles. The Morgan fingerprint density at radius 3 is 2.74 bits per heavy atom. The molecule has 1 aromatic rings. The quantitative estimate of drug-likeness (QED) is 0.640. The zero-order valence-corrected chi connectivity index (χ0v) is 10.7. The Hall–Kier alpha value is -1.89. The van der Waals surface area contributed by atoms with Crippen LogP contribution in [0.15, 0.2) is 12.1 Å². The predicted molar refractivity (Wildman–Crippen MR) is 71.1 cm³/mol. The van der Waals surface area contributed by atoms with Gasteiger partial charge in [0.2, 0.25) is 11.7 Å². The minimum Gasteiger partial charge on any atom is -0.476 e. The van der Waals surface area contributed by atoms with Crippen molar-refractivity contribution in [2.24, 2.45) is 0 Å². The molecule has 1 aliphatic rings. The lowest BCUT2D eigenvalue weighted by atomic mass is 10.1. The highest BCUT2D eigenvalue weighted by atomic mass is 16.6. The summed E-state index contributed by atoms with van der Waals surface area (Å²) in [5, 5.41) is 10.6. The minimum absolute atomic E-state index is 0.111. The Balaban J connectivity index is 1.82. The first-order valence-corrected chi connectivity index (χ1v) is 6.43. The molecule has 0 aliphatic carbocycles. The monoisotopic (exact) mass is 266 g/mol. The Bertz CT molecular complexity index is 447. The summed E-state index contributed by atoms with van der Waals surface area (Å²) in [5.74, 6) is 0.223. The molecule has 1 aliphatic heterocycles. The number of nitrogens with zero attached hydrogens (tertiary/aromatic N) is 3. The van der Waals surface area contributed by atoms with Crippen molar-refractivity contribution < 1.29 is 9.66 Å². The van der Waals surface area contributed by atoms with Gasteiger partial charge in [0.15, 0.2) is 0 Å². The number of nitro groups is 1. The number of nitrogen functional groups attached to an aromatic ring is 1. The summed E-state index contributed by atoms with van der Waals surface area (Å²) < 4.78 is 5.47. The number of rotatable bonds is 5. The molecule has 2 N–H and O–H groups in total. The van der Waals surface area contributed by atoms with Crippen LogP contribution in [0.1, 0.15) is 19.3 Å². The zero-order chi connectivity index (χ0) is 13.7. The van der Waals surface area contributed by atoms with Crippen LogP contribution in [0.5, 0.6) is 5.88 Å². The molecule has 1 fully saturated rings. The Morgan fingerprint density at radius 1 is 1.37 bits per heavy atom. The molecule has 0 amide bonds. The summed E-state index contributed by atoms with van der Waals surface area (Å²) in [5.41, 5.74) is 5.30. The van der Waals surface area contributed by atoms with Crippen LogP contribution in [0.2, 0.25) is 0 Å². The largest absolute Gasteiger partial charge is 0.476 e.